The van der Waals surface area contributed by atoms with Gasteiger partial charge in [0.25, 0.3) is 0 Å². The van der Waals surface area contributed by atoms with Crippen LogP contribution in [0.2, 0.25) is 0 Å². The molecule has 3 aliphatic carbocycles. The molecule has 1 aliphatic heterocycles. The van der Waals surface area contributed by atoms with Gasteiger partial charge in [-0.15, -0.1) is 0 Å². The summed E-state index contributed by atoms with van der Waals surface area (Å²) >= 11 is 0. The van der Waals surface area contributed by atoms with Crippen LogP contribution in [0.25, 0.3) is 0 Å². The Kier molecular flexibility index (Phi) is 2.01. The lowest BCUT2D eigenvalue weighted by atomic mass is 9.85. The first kappa shape index (κ1) is 11.7. The maximum atomic E-state index is 12.8. The normalized spacial score (nSPS) is 37.6. The third-order valence-electron chi connectivity index (χ3n) is 6.01. The molecule has 1 aromatic heterocycles. The number of pyridine rings is 1. The summed E-state index contributed by atoms with van der Waals surface area (Å²) in [5.74, 6) is 0.512. The second-order valence-corrected chi connectivity index (χ2v) is 6.85. The SMILES string of the molecule is O=C1[C@@H]2[C@H](C(=O)N1Cc1cccnc1)[C@H]1C=C[C@@H]2C12CC2. The smallest absolute Gasteiger partial charge is 0.234 e. The van der Waals surface area contributed by atoms with Crippen molar-refractivity contribution in [2.75, 3.05) is 0 Å². The second-order valence-electron chi connectivity index (χ2n) is 6.85. The van der Waals surface area contributed by atoms with E-state index in [4.69, 9.17) is 0 Å². The number of likely N-dealkylation sites (tertiary alicyclic amines) is 1. The molecule has 0 aromatic carbocycles. The zero-order valence-electron chi connectivity index (χ0n) is 11.6. The molecule has 0 N–H and O–H groups in total. The molecule has 5 rings (SSSR count). The van der Waals surface area contributed by atoms with Gasteiger partial charge in [-0.3, -0.25) is 19.5 Å². The van der Waals surface area contributed by atoms with Crippen LogP contribution in [0.4, 0.5) is 0 Å². The van der Waals surface area contributed by atoms with Crippen molar-refractivity contribution in [3.63, 3.8) is 0 Å². The van der Waals surface area contributed by atoms with E-state index in [1.54, 1.807) is 12.4 Å². The Hall–Kier alpha value is -1.97. The number of aromatic nitrogens is 1. The molecule has 4 nitrogen and oxygen atoms in total. The van der Waals surface area contributed by atoms with E-state index in [1.165, 1.54) is 17.7 Å². The molecule has 2 bridgehead atoms. The van der Waals surface area contributed by atoms with Crippen molar-refractivity contribution in [3.05, 3.63) is 42.2 Å². The molecule has 4 aliphatic rings. The average Bonchev–Trinajstić information content (AvgIpc) is 3.11. The van der Waals surface area contributed by atoms with Crippen molar-refractivity contribution in [1.82, 2.24) is 9.88 Å². The number of rotatable bonds is 2. The number of carbonyl (C=O) groups is 2. The summed E-state index contributed by atoms with van der Waals surface area (Å²) in [4.78, 5) is 31.0. The lowest BCUT2D eigenvalue weighted by molar-refractivity contribution is -0.141. The van der Waals surface area contributed by atoms with Crippen LogP contribution in [0.15, 0.2) is 36.7 Å². The van der Waals surface area contributed by atoms with E-state index in [1.807, 2.05) is 12.1 Å². The van der Waals surface area contributed by atoms with Crippen LogP contribution in [0.3, 0.4) is 0 Å². The standard InChI is InChI=1S/C17H16N2O2/c20-15-13-11-3-4-12(17(11)5-6-17)14(13)16(21)19(15)9-10-2-1-7-18-8-10/h1-4,7-8,11-14H,5-6,9H2/t11-,12+,13-,14+. The van der Waals surface area contributed by atoms with Crippen LogP contribution in [-0.4, -0.2) is 21.7 Å². The zero-order valence-corrected chi connectivity index (χ0v) is 11.6. The van der Waals surface area contributed by atoms with Gasteiger partial charge < -0.3 is 0 Å². The van der Waals surface area contributed by atoms with Crippen molar-refractivity contribution in [3.8, 4) is 0 Å². The molecular weight excluding hydrogens is 264 g/mol. The van der Waals surface area contributed by atoms with Gasteiger partial charge in [-0.25, -0.2) is 0 Å². The van der Waals surface area contributed by atoms with E-state index >= 15 is 0 Å². The van der Waals surface area contributed by atoms with Crippen molar-refractivity contribution < 1.29 is 9.59 Å². The molecule has 4 heteroatoms. The van der Waals surface area contributed by atoms with Crippen molar-refractivity contribution in [2.24, 2.45) is 29.1 Å². The zero-order chi connectivity index (χ0) is 14.2. The number of hydrogen-bond donors (Lipinski definition) is 0. The first-order chi connectivity index (χ1) is 10.2. The molecule has 106 valence electrons. The maximum Gasteiger partial charge on any atom is 0.234 e. The first-order valence-electron chi connectivity index (χ1n) is 7.65. The Morgan fingerprint density at radius 1 is 1.14 bits per heavy atom. The molecule has 0 unspecified atom stereocenters. The summed E-state index contributed by atoms with van der Waals surface area (Å²) < 4.78 is 0. The first-order valence-corrected chi connectivity index (χ1v) is 7.65. The minimum atomic E-state index is -0.0910. The Labute approximate surface area is 122 Å². The van der Waals surface area contributed by atoms with Crippen LogP contribution in [-0.2, 0) is 16.1 Å². The highest BCUT2D eigenvalue weighted by Gasteiger charge is 2.73. The van der Waals surface area contributed by atoms with Crippen LogP contribution in [0.5, 0.6) is 0 Å². The highest BCUT2D eigenvalue weighted by molar-refractivity contribution is 6.06. The van der Waals surface area contributed by atoms with Gasteiger partial charge in [0.05, 0.1) is 18.4 Å². The predicted octanol–water partition coefficient (Wildman–Crippen LogP) is 1.78. The Bertz CT molecular complexity index is 643. The van der Waals surface area contributed by atoms with Crippen LogP contribution in [0.1, 0.15) is 18.4 Å². The Balaban J connectivity index is 1.48. The molecule has 1 aromatic rings. The number of carbonyl (C=O) groups excluding carboxylic acids is 2. The molecule has 4 atom stereocenters. The summed E-state index contributed by atoms with van der Waals surface area (Å²) in [6.45, 7) is 0.366. The molecule has 3 fully saturated rings. The van der Waals surface area contributed by atoms with Crippen molar-refractivity contribution >= 4 is 11.8 Å². The van der Waals surface area contributed by atoms with Crippen LogP contribution >= 0.6 is 0 Å². The highest BCUT2D eigenvalue weighted by atomic mass is 16.2. The largest absolute Gasteiger partial charge is 0.278 e. The van der Waals surface area contributed by atoms with E-state index < -0.39 is 0 Å². The van der Waals surface area contributed by atoms with E-state index in [0.29, 0.717) is 18.4 Å². The summed E-state index contributed by atoms with van der Waals surface area (Å²) in [6, 6.07) is 3.75. The molecule has 21 heavy (non-hydrogen) atoms. The number of amides is 2. The van der Waals surface area contributed by atoms with Gasteiger partial charge in [0.2, 0.25) is 11.8 Å². The summed E-state index contributed by atoms with van der Waals surface area (Å²) in [5, 5.41) is 0. The monoisotopic (exact) mass is 280 g/mol. The Morgan fingerprint density at radius 2 is 1.81 bits per heavy atom. The lowest BCUT2D eigenvalue weighted by Gasteiger charge is -2.21. The van der Waals surface area contributed by atoms with E-state index in [-0.39, 0.29) is 29.1 Å². The average molecular weight is 280 g/mol. The molecule has 2 heterocycles. The van der Waals surface area contributed by atoms with Gasteiger partial charge in [0, 0.05) is 12.4 Å². The second kappa shape index (κ2) is 3.62. The number of imide groups is 1. The minimum absolute atomic E-state index is 0.0389. The summed E-state index contributed by atoms with van der Waals surface area (Å²) in [7, 11) is 0. The van der Waals surface area contributed by atoms with Gasteiger partial charge in [-0.05, 0) is 41.7 Å². The maximum absolute atomic E-state index is 12.8. The fourth-order valence-electron chi connectivity index (χ4n) is 4.97. The van der Waals surface area contributed by atoms with Crippen molar-refractivity contribution in [2.45, 2.75) is 19.4 Å². The summed E-state index contributed by atoms with van der Waals surface area (Å²) in [5.41, 5.74) is 1.20. The predicted molar refractivity (Wildman–Crippen MR) is 74.6 cm³/mol. The van der Waals surface area contributed by atoms with E-state index in [0.717, 1.165) is 5.56 Å². The molecule has 1 saturated heterocycles. The third-order valence-corrected chi connectivity index (χ3v) is 6.01. The third kappa shape index (κ3) is 1.29. The molecule has 2 saturated carbocycles. The fraction of sp³-hybridized carbons (Fsp3) is 0.471. The topological polar surface area (TPSA) is 50.3 Å². The quantitative estimate of drug-likeness (QED) is 0.613. The number of hydrogen-bond acceptors (Lipinski definition) is 3. The number of nitrogens with zero attached hydrogens (tertiary/aromatic N) is 2. The Morgan fingerprint density at radius 3 is 2.33 bits per heavy atom. The lowest BCUT2D eigenvalue weighted by Crippen LogP contribution is -2.34. The van der Waals surface area contributed by atoms with E-state index in [9.17, 15) is 9.59 Å². The number of allylic oxidation sites excluding steroid dienone is 2. The van der Waals surface area contributed by atoms with Crippen LogP contribution < -0.4 is 0 Å². The highest BCUT2D eigenvalue weighted by Crippen LogP contribution is 2.73. The van der Waals surface area contributed by atoms with Crippen molar-refractivity contribution in [1.29, 1.82) is 0 Å². The van der Waals surface area contributed by atoms with Crippen LogP contribution in [0, 0.1) is 29.1 Å². The minimum Gasteiger partial charge on any atom is -0.278 e. The van der Waals surface area contributed by atoms with Gasteiger partial charge in [0.15, 0.2) is 0 Å². The van der Waals surface area contributed by atoms with E-state index in [2.05, 4.69) is 17.1 Å². The van der Waals surface area contributed by atoms with Gasteiger partial charge >= 0.3 is 0 Å². The molecule has 1 spiro atoms. The van der Waals surface area contributed by atoms with Gasteiger partial charge in [0.1, 0.15) is 0 Å². The molecule has 0 radical (unpaired) electrons. The number of fused-ring (bicyclic) bond motifs is 3. The summed E-state index contributed by atoms with van der Waals surface area (Å²) in [6.07, 6.45) is 10.2. The fourth-order valence-corrected chi connectivity index (χ4v) is 4.97. The van der Waals surface area contributed by atoms with Gasteiger partial charge in [-0.1, -0.05) is 18.2 Å². The molecular formula is C17H16N2O2. The molecule has 2 amide bonds. The van der Waals surface area contributed by atoms with Gasteiger partial charge in [-0.2, -0.15) is 0 Å².